The maximum absolute atomic E-state index is 2.35. The van der Waals surface area contributed by atoms with Crippen molar-refractivity contribution in [3.63, 3.8) is 0 Å². The molecule has 0 amide bonds. The number of hydrogen-bond donors (Lipinski definition) is 0. The van der Waals surface area contributed by atoms with Crippen LogP contribution in [0.1, 0.15) is 71.9 Å². The predicted molar refractivity (Wildman–Crippen MR) is 79.7 cm³/mol. The van der Waals surface area contributed by atoms with E-state index in [1.165, 1.54) is 12.8 Å². The first-order valence-corrected chi connectivity index (χ1v) is 7.17. The zero-order valence-corrected chi connectivity index (χ0v) is 12.8. The average Bonchev–Trinajstić information content (AvgIpc) is 2.77. The fourth-order valence-corrected chi connectivity index (χ4v) is 2.46. The molecule has 0 heterocycles. The average molecular weight is 234 g/mol. The van der Waals surface area contributed by atoms with Crippen molar-refractivity contribution >= 4 is 0 Å². The van der Waals surface area contributed by atoms with Gasteiger partial charge in [0.05, 0.1) is 0 Å². The molecule has 0 saturated carbocycles. The Bertz CT molecular complexity index is 304. The maximum Gasteiger partial charge on any atom is -0.0107 e. The molecule has 0 radical (unpaired) electrons. The number of rotatable bonds is 0. The molecule has 1 aromatic rings. The second-order valence-corrected chi connectivity index (χ2v) is 5.16. The Hall–Kier alpha value is -0.780. The van der Waals surface area contributed by atoms with Crippen LogP contribution in [0.3, 0.4) is 0 Å². The van der Waals surface area contributed by atoms with Crippen molar-refractivity contribution in [3.8, 4) is 0 Å². The molecular weight excluding hydrogens is 204 g/mol. The molecule has 0 fully saturated rings. The Morgan fingerprint density at radius 2 is 1.47 bits per heavy atom. The van der Waals surface area contributed by atoms with E-state index in [2.05, 4.69) is 45.0 Å². The third-order valence-electron chi connectivity index (χ3n) is 3.18. The van der Waals surface area contributed by atoms with Crippen LogP contribution in [0.4, 0.5) is 0 Å². The van der Waals surface area contributed by atoms with Gasteiger partial charge in [0.15, 0.2) is 0 Å². The van der Waals surface area contributed by atoms with Crippen molar-refractivity contribution in [3.05, 3.63) is 35.4 Å². The van der Waals surface area contributed by atoms with Gasteiger partial charge in [-0.1, -0.05) is 72.7 Å². The zero-order chi connectivity index (χ0) is 13.5. The summed E-state index contributed by atoms with van der Waals surface area (Å²) < 4.78 is 0. The van der Waals surface area contributed by atoms with Crippen LogP contribution in [0.15, 0.2) is 24.3 Å². The van der Waals surface area contributed by atoms with Gasteiger partial charge in [-0.2, -0.15) is 0 Å². The molecule has 0 spiro atoms. The SMILES string of the molecule is CC.CC.CC(C)(C)C1CCc2ccccc21. The lowest BCUT2D eigenvalue weighted by Gasteiger charge is -2.27. The van der Waals surface area contributed by atoms with Crippen LogP contribution in [-0.2, 0) is 6.42 Å². The molecule has 0 bridgehead atoms. The smallest absolute Gasteiger partial charge is 0.0107 e. The van der Waals surface area contributed by atoms with Crippen LogP contribution in [0, 0.1) is 5.41 Å². The summed E-state index contributed by atoms with van der Waals surface area (Å²) in [4.78, 5) is 0. The molecular formula is C17H30. The highest BCUT2D eigenvalue weighted by Crippen LogP contribution is 2.44. The molecule has 1 aliphatic rings. The number of benzene rings is 1. The second-order valence-electron chi connectivity index (χ2n) is 5.16. The lowest BCUT2D eigenvalue weighted by Crippen LogP contribution is -2.15. The van der Waals surface area contributed by atoms with Crippen molar-refractivity contribution in [2.24, 2.45) is 5.41 Å². The molecule has 98 valence electrons. The topological polar surface area (TPSA) is 0 Å². The van der Waals surface area contributed by atoms with Crippen molar-refractivity contribution in [2.75, 3.05) is 0 Å². The Kier molecular flexibility index (Phi) is 7.18. The number of fused-ring (bicyclic) bond motifs is 1. The van der Waals surface area contributed by atoms with Gasteiger partial charge in [-0.05, 0) is 35.3 Å². The zero-order valence-electron chi connectivity index (χ0n) is 12.8. The van der Waals surface area contributed by atoms with E-state index < -0.39 is 0 Å². The first-order chi connectivity index (χ1) is 8.09. The van der Waals surface area contributed by atoms with E-state index in [1.807, 2.05) is 27.7 Å². The van der Waals surface area contributed by atoms with Crippen molar-refractivity contribution < 1.29 is 0 Å². The fourth-order valence-electron chi connectivity index (χ4n) is 2.46. The van der Waals surface area contributed by atoms with Gasteiger partial charge >= 0.3 is 0 Å². The molecule has 2 rings (SSSR count). The van der Waals surface area contributed by atoms with Crippen LogP contribution < -0.4 is 0 Å². The Balaban J connectivity index is 0.000000581. The first kappa shape index (κ1) is 16.2. The van der Waals surface area contributed by atoms with Gasteiger partial charge in [0.25, 0.3) is 0 Å². The molecule has 1 aliphatic carbocycles. The minimum absolute atomic E-state index is 0.423. The van der Waals surface area contributed by atoms with Gasteiger partial charge in [-0.3, -0.25) is 0 Å². The van der Waals surface area contributed by atoms with Gasteiger partial charge in [0.1, 0.15) is 0 Å². The summed E-state index contributed by atoms with van der Waals surface area (Å²) in [6.07, 6.45) is 2.61. The van der Waals surface area contributed by atoms with Crippen LogP contribution in [-0.4, -0.2) is 0 Å². The van der Waals surface area contributed by atoms with Crippen LogP contribution in [0.5, 0.6) is 0 Å². The molecule has 0 nitrogen and oxygen atoms in total. The lowest BCUT2D eigenvalue weighted by molar-refractivity contribution is 0.319. The van der Waals surface area contributed by atoms with Crippen LogP contribution in [0.25, 0.3) is 0 Å². The highest BCUT2D eigenvalue weighted by Gasteiger charge is 2.31. The van der Waals surface area contributed by atoms with Crippen LogP contribution >= 0.6 is 0 Å². The van der Waals surface area contributed by atoms with Crippen molar-refractivity contribution in [1.82, 2.24) is 0 Å². The standard InChI is InChI=1S/C13H18.2C2H6/c1-13(2,3)12-9-8-10-6-4-5-7-11(10)12;2*1-2/h4-7,12H,8-9H2,1-3H3;2*1-2H3. The molecule has 0 aromatic heterocycles. The summed E-state index contributed by atoms with van der Waals surface area (Å²) in [6.45, 7) is 15.0. The van der Waals surface area contributed by atoms with E-state index in [9.17, 15) is 0 Å². The van der Waals surface area contributed by atoms with Gasteiger partial charge in [-0.15, -0.1) is 0 Å². The second kappa shape index (κ2) is 7.53. The van der Waals surface area contributed by atoms with Gasteiger partial charge < -0.3 is 0 Å². The lowest BCUT2D eigenvalue weighted by atomic mass is 9.77. The van der Waals surface area contributed by atoms with Gasteiger partial charge in [-0.25, -0.2) is 0 Å². The maximum atomic E-state index is 2.35. The Morgan fingerprint density at radius 3 is 2.00 bits per heavy atom. The summed E-state index contributed by atoms with van der Waals surface area (Å²) in [5.74, 6) is 0.767. The molecule has 1 atom stereocenters. The van der Waals surface area contributed by atoms with Crippen LogP contribution in [0.2, 0.25) is 0 Å². The van der Waals surface area contributed by atoms with E-state index in [4.69, 9.17) is 0 Å². The minimum Gasteiger partial charge on any atom is -0.0683 e. The minimum atomic E-state index is 0.423. The molecule has 0 saturated heterocycles. The molecule has 0 heteroatoms. The van der Waals surface area contributed by atoms with E-state index in [1.54, 1.807) is 11.1 Å². The fraction of sp³-hybridized carbons (Fsp3) is 0.647. The first-order valence-electron chi connectivity index (χ1n) is 7.17. The van der Waals surface area contributed by atoms with E-state index in [0.717, 1.165) is 5.92 Å². The highest BCUT2D eigenvalue weighted by molar-refractivity contribution is 5.35. The molecule has 0 aliphatic heterocycles. The van der Waals surface area contributed by atoms with E-state index in [-0.39, 0.29) is 0 Å². The van der Waals surface area contributed by atoms with Gasteiger partial charge in [0, 0.05) is 0 Å². The van der Waals surface area contributed by atoms with E-state index in [0.29, 0.717) is 5.41 Å². The monoisotopic (exact) mass is 234 g/mol. The molecule has 1 unspecified atom stereocenters. The van der Waals surface area contributed by atoms with E-state index >= 15 is 0 Å². The normalized spacial score (nSPS) is 17.2. The third kappa shape index (κ3) is 4.18. The molecule has 1 aromatic carbocycles. The number of aryl methyl sites for hydroxylation is 1. The van der Waals surface area contributed by atoms with Crippen molar-refractivity contribution in [2.45, 2.75) is 67.2 Å². The Labute approximate surface area is 108 Å². The Morgan fingerprint density at radius 1 is 0.941 bits per heavy atom. The largest absolute Gasteiger partial charge is 0.0683 e. The molecule has 0 N–H and O–H groups in total. The summed E-state index contributed by atoms with van der Waals surface area (Å²) in [7, 11) is 0. The summed E-state index contributed by atoms with van der Waals surface area (Å²) in [5.41, 5.74) is 3.59. The van der Waals surface area contributed by atoms with Gasteiger partial charge in [0.2, 0.25) is 0 Å². The summed E-state index contributed by atoms with van der Waals surface area (Å²) >= 11 is 0. The van der Waals surface area contributed by atoms with Crippen molar-refractivity contribution in [1.29, 1.82) is 0 Å². The summed E-state index contributed by atoms with van der Waals surface area (Å²) in [5, 5.41) is 0. The predicted octanol–water partition coefficient (Wildman–Crippen LogP) is 5.81. The summed E-state index contributed by atoms with van der Waals surface area (Å²) in [6, 6.07) is 8.91. The molecule has 17 heavy (non-hydrogen) atoms. The quantitative estimate of drug-likeness (QED) is 0.531. The number of hydrogen-bond acceptors (Lipinski definition) is 0. The highest BCUT2D eigenvalue weighted by atomic mass is 14.4. The third-order valence-corrected chi connectivity index (χ3v) is 3.18.